The molecule has 2 aromatic heterocycles. The fraction of sp³-hybridized carbons (Fsp3) is 0.381. The highest BCUT2D eigenvalue weighted by Crippen LogP contribution is 2.45. The first-order valence-corrected chi connectivity index (χ1v) is 8.98. The maximum Gasteiger partial charge on any atom is 0.287 e. The summed E-state index contributed by atoms with van der Waals surface area (Å²) in [5.41, 5.74) is 5.08. The van der Waals surface area contributed by atoms with Crippen molar-refractivity contribution >= 4 is 16.9 Å². The van der Waals surface area contributed by atoms with E-state index < -0.39 is 0 Å². The van der Waals surface area contributed by atoms with Gasteiger partial charge < -0.3 is 9.73 Å². The van der Waals surface area contributed by atoms with E-state index in [9.17, 15) is 4.79 Å². The van der Waals surface area contributed by atoms with Gasteiger partial charge in [0, 0.05) is 29.0 Å². The zero-order valence-corrected chi connectivity index (χ0v) is 15.8. The van der Waals surface area contributed by atoms with Crippen LogP contribution in [0.3, 0.4) is 0 Å². The summed E-state index contributed by atoms with van der Waals surface area (Å²) in [6.07, 6.45) is 0.693. The van der Waals surface area contributed by atoms with Gasteiger partial charge >= 0.3 is 0 Å². The van der Waals surface area contributed by atoms with Gasteiger partial charge in [-0.1, -0.05) is 26.0 Å². The average molecular weight is 349 g/mol. The monoisotopic (exact) mass is 349 g/mol. The van der Waals surface area contributed by atoms with Crippen molar-refractivity contribution in [3.8, 4) is 11.3 Å². The van der Waals surface area contributed by atoms with Crippen LogP contribution >= 0.6 is 0 Å². The van der Waals surface area contributed by atoms with E-state index in [0.29, 0.717) is 12.2 Å². The Morgan fingerprint density at radius 3 is 2.50 bits per heavy atom. The molecule has 0 saturated carbocycles. The summed E-state index contributed by atoms with van der Waals surface area (Å²) in [6.45, 7) is 10.1. The number of amides is 1. The van der Waals surface area contributed by atoms with Crippen LogP contribution < -0.4 is 5.32 Å². The summed E-state index contributed by atoms with van der Waals surface area (Å²) >= 11 is 0. The molecule has 1 N–H and O–H groups in total. The molecule has 3 aromatic rings. The second kappa shape index (κ2) is 5.66. The Hall–Kier alpha value is -2.69. The zero-order chi connectivity index (χ0) is 18.6. The SMILES string of the molecule is Cc1c(C(=O)NC(C)C)oc2c1-c1nc3ccccc3nc1C(C)(C)C2. The maximum atomic E-state index is 12.5. The third-order valence-electron chi connectivity index (χ3n) is 4.90. The molecule has 5 heteroatoms. The van der Waals surface area contributed by atoms with E-state index in [4.69, 9.17) is 14.4 Å². The van der Waals surface area contributed by atoms with E-state index in [2.05, 4.69) is 19.2 Å². The lowest BCUT2D eigenvalue weighted by Gasteiger charge is -2.30. The maximum absolute atomic E-state index is 12.5. The summed E-state index contributed by atoms with van der Waals surface area (Å²) in [6, 6.07) is 7.94. The molecule has 0 saturated heterocycles. The Labute approximate surface area is 152 Å². The van der Waals surface area contributed by atoms with Gasteiger partial charge in [0.15, 0.2) is 5.76 Å². The fourth-order valence-corrected chi connectivity index (χ4v) is 3.68. The molecule has 5 nitrogen and oxygen atoms in total. The molecule has 134 valence electrons. The fourth-order valence-electron chi connectivity index (χ4n) is 3.68. The van der Waals surface area contributed by atoms with Crippen molar-refractivity contribution < 1.29 is 9.21 Å². The van der Waals surface area contributed by atoms with Crippen molar-refractivity contribution in [1.29, 1.82) is 0 Å². The number of nitrogens with zero attached hydrogens (tertiary/aromatic N) is 2. The zero-order valence-electron chi connectivity index (χ0n) is 15.8. The number of hydrogen-bond acceptors (Lipinski definition) is 4. The molecule has 0 aliphatic heterocycles. The first-order valence-electron chi connectivity index (χ1n) is 8.98. The van der Waals surface area contributed by atoms with E-state index in [-0.39, 0.29) is 17.4 Å². The predicted octanol–water partition coefficient (Wildman–Crippen LogP) is 4.17. The van der Waals surface area contributed by atoms with Crippen molar-refractivity contribution in [1.82, 2.24) is 15.3 Å². The summed E-state index contributed by atoms with van der Waals surface area (Å²) in [5.74, 6) is 1.01. The number of para-hydroxylation sites is 2. The standard InChI is InChI=1S/C21H23N3O2/c1-11(2)22-20(25)18-12(3)16-15(26-18)10-21(4,5)19-17(16)23-13-8-6-7-9-14(13)24-19/h6-9,11H,10H2,1-5H3,(H,22,25). The molecular formula is C21H23N3O2. The number of furan rings is 1. The number of hydrogen-bond donors (Lipinski definition) is 1. The van der Waals surface area contributed by atoms with Gasteiger partial charge in [0.25, 0.3) is 5.91 Å². The van der Waals surface area contributed by atoms with Gasteiger partial charge in [-0.2, -0.15) is 0 Å². The first-order chi connectivity index (χ1) is 12.3. The van der Waals surface area contributed by atoms with Gasteiger partial charge in [-0.15, -0.1) is 0 Å². The van der Waals surface area contributed by atoms with Crippen molar-refractivity contribution in [3.05, 3.63) is 47.0 Å². The highest BCUT2D eigenvalue weighted by Gasteiger charge is 2.38. The Balaban J connectivity index is 1.95. The minimum atomic E-state index is -0.213. The van der Waals surface area contributed by atoms with Gasteiger partial charge in [-0.25, -0.2) is 9.97 Å². The van der Waals surface area contributed by atoms with Crippen LogP contribution in [0.4, 0.5) is 0 Å². The van der Waals surface area contributed by atoms with E-state index >= 15 is 0 Å². The Morgan fingerprint density at radius 1 is 1.19 bits per heavy atom. The van der Waals surface area contributed by atoms with Crippen LogP contribution in [0.2, 0.25) is 0 Å². The first kappa shape index (κ1) is 16.8. The summed E-state index contributed by atoms with van der Waals surface area (Å²) < 4.78 is 6.02. The molecule has 0 atom stereocenters. The molecule has 1 aromatic carbocycles. The van der Waals surface area contributed by atoms with Crippen LogP contribution in [0.25, 0.3) is 22.3 Å². The molecule has 2 heterocycles. The number of benzene rings is 1. The molecule has 0 fully saturated rings. The molecule has 0 spiro atoms. The molecule has 0 radical (unpaired) electrons. The van der Waals surface area contributed by atoms with Gasteiger partial charge in [0.05, 0.1) is 22.4 Å². The number of aromatic nitrogens is 2. The van der Waals surface area contributed by atoms with Gasteiger partial charge in [0.1, 0.15) is 5.76 Å². The third kappa shape index (κ3) is 2.50. The Kier molecular flexibility index (Phi) is 3.65. The number of carbonyl (C=O) groups excluding carboxylic acids is 1. The van der Waals surface area contributed by atoms with Crippen molar-refractivity contribution in [2.75, 3.05) is 0 Å². The quantitative estimate of drug-likeness (QED) is 0.754. The van der Waals surface area contributed by atoms with E-state index in [0.717, 1.165) is 39.3 Å². The topological polar surface area (TPSA) is 68.0 Å². The van der Waals surface area contributed by atoms with E-state index in [1.165, 1.54) is 0 Å². The summed E-state index contributed by atoms with van der Waals surface area (Å²) in [4.78, 5) is 22.3. The highest BCUT2D eigenvalue weighted by molar-refractivity contribution is 5.96. The Bertz CT molecular complexity index is 1030. The lowest BCUT2D eigenvalue weighted by atomic mass is 9.76. The number of rotatable bonds is 2. The van der Waals surface area contributed by atoms with E-state index in [1.54, 1.807) is 0 Å². The van der Waals surface area contributed by atoms with Gasteiger partial charge in [-0.3, -0.25) is 4.79 Å². The normalized spacial score (nSPS) is 15.0. The average Bonchev–Trinajstić information content (AvgIpc) is 2.89. The number of fused-ring (bicyclic) bond motifs is 4. The lowest BCUT2D eigenvalue weighted by molar-refractivity contribution is 0.0912. The van der Waals surface area contributed by atoms with Gasteiger partial charge in [0.2, 0.25) is 0 Å². The number of nitrogens with one attached hydrogen (secondary N) is 1. The summed E-state index contributed by atoms with van der Waals surface area (Å²) in [5, 5.41) is 2.91. The largest absolute Gasteiger partial charge is 0.455 e. The van der Waals surface area contributed by atoms with Crippen LogP contribution in [0.5, 0.6) is 0 Å². The molecule has 4 rings (SSSR count). The summed E-state index contributed by atoms with van der Waals surface area (Å²) in [7, 11) is 0. The van der Waals surface area contributed by atoms with Crippen LogP contribution in [0, 0.1) is 6.92 Å². The minimum absolute atomic E-state index is 0.0523. The highest BCUT2D eigenvalue weighted by atomic mass is 16.4. The van der Waals surface area contributed by atoms with Crippen molar-refractivity contribution in [2.24, 2.45) is 0 Å². The minimum Gasteiger partial charge on any atom is -0.455 e. The molecule has 1 amide bonds. The molecule has 26 heavy (non-hydrogen) atoms. The second-order valence-corrected chi connectivity index (χ2v) is 7.95. The van der Waals surface area contributed by atoms with Crippen LogP contribution in [-0.4, -0.2) is 21.9 Å². The van der Waals surface area contributed by atoms with Crippen LogP contribution in [-0.2, 0) is 11.8 Å². The van der Waals surface area contributed by atoms with Crippen molar-refractivity contribution in [2.45, 2.75) is 52.5 Å². The Morgan fingerprint density at radius 2 is 1.85 bits per heavy atom. The molecule has 0 unspecified atom stereocenters. The predicted molar refractivity (Wildman–Crippen MR) is 101 cm³/mol. The molecule has 1 aliphatic carbocycles. The molecular weight excluding hydrogens is 326 g/mol. The van der Waals surface area contributed by atoms with Gasteiger partial charge in [-0.05, 0) is 32.9 Å². The lowest BCUT2D eigenvalue weighted by Crippen LogP contribution is -2.30. The van der Waals surface area contributed by atoms with E-state index in [1.807, 2.05) is 45.0 Å². The molecule has 1 aliphatic rings. The smallest absolute Gasteiger partial charge is 0.287 e. The van der Waals surface area contributed by atoms with Crippen LogP contribution in [0.15, 0.2) is 28.7 Å². The number of carbonyl (C=O) groups is 1. The second-order valence-electron chi connectivity index (χ2n) is 7.95. The van der Waals surface area contributed by atoms with Crippen molar-refractivity contribution in [3.63, 3.8) is 0 Å². The molecule has 0 bridgehead atoms. The third-order valence-corrected chi connectivity index (χ3v) is 4.90. The van der Waals surface area contributed by atoms with Crippen LogP contribution in [0.1, 0.15) is 55.3 Å².